The number of aromatic nitrogens is 3. The van der Waals surface area contributed by atoms with Crippen LogP contribution in [-0.4, -0.2) is 45.1 Å². The molecule has 1 amide bonds. The Balaban J connectivity index is 1.17. The van der Waals surface area contributed by atoms with E-state index in [-0.39, 0.29) is 17.9 Å². The molecule has 0 aromatic carbocycles. The number of likely N-dealkylation sites (tertiary alicyclic amines) is 1. The van der Waals surface area contributed by atoms with Crippen LogP contribution in [0.25, 0.3) is 0 Å². The largest absolute Gasteiger partial charge is 0.408 e. The number of nitrogens with zero attached hydrogens (tertiary/aromatic N) is 4. The zero-order valence-corrected chi connectivity index (χ0v) is 15.6. The fourth-order valence-electron chi connectivity index (χ4n) is 4.23. The molecule has 2 saturated carbocycles. The van der Waals surface area contributed by atoms with Gasteiger partial charge in [0.1, 0.15) is 6.04 Å². The third kappa shape index (κ3) is 3.31. The number of hydrogen-bond donors (Lipinski definition) is 1. The van der Waals surface area contributed by atoms with Crippen LogP contribution in [0.2, 0.25) is 0 Å². The van der Waals surface area contributed by atoms with E-state index in [1.807, 2.05) is 36.2 Å². The van der Waals surface area contributed by atoms with Crippen LogP contribution in [0, 0.1) is 5.41 Å². The fraction of sp³-hybridized carbons (Fsp3) is 0.600. The molecule has 1 saturated heterocycles. The van der Waals surface area contributed by atoms with Crippen LogP contribution in [0.1, 0.15) is 62.4 Å². The zero-order valence-electron chi connectivity index (χ0n) is 15.6. The van der Waals surface area contributed by atoms with E-state index in [1.165, 1.54) is 12.8 Å². The minimum atomic E-state index is -0.364. The number of carbonyl (C=O) groups excluding carboxylic acids is 1. The molecule has 0 radical (unpaired) electrons. The van der Waals surface area contributed by atoms with Crippen LogP contribution in [-0.2, 0) is 4.79 Å². The van der Waals surface area contributed by atoms with Crippen molar-refractivity contribution < 1.29 is 9.21 Å². The number of rotatable bonds is 5. The number of anilines is 1. The number of carbonyl (C=O) groups is 1. The first kappa shape index (κ1) is 16.7. The maximum atomic E-state index is 12.7. The Morgan fingerprint density at radius 2 is 2.04 bits per heavy atom. The molecule has 27 heavy (non-hydrogen) atoms. The third-order valence-corrected chi connectivity index (χ3v) is 6.42. The standard InChI is InChI=1S/C20H25N5O2/c1-13(18(26)25-10-7-20(5-6-20)8-11-25)22-19-24-23-17(27-19)15-12-14(15)16-4-2-3-9-21-16/h2-4,9,13-15H,5-8,10-12H2,1H3,(H,22,24). The molecule has 1 N–H and O–H groups in total. The normalized spacial score (nSPS) is 26.6. The van der Waals surface area contributed by atoms with Crippen molar-refractivity contribution in [2.75, 3.05) is 18.4 Å². The van der Waals surface area contributed by atoms with Gasteiger partial charge in [-0.05, 0) is 56.6 Å². The summed E-state index contributed by atoms with van der Waals surface area (Å²) in [5.41, 5.74) is 1.64. The van der Waals surface area contributed by atoms with Crippen LogP contribution in [0.15, 0.2) is 28.8 Å². The Bertz CT molecular complexity index is 822. The van der Waals surface area contributed by atoms with Gasteiger partial charge in [0.15, 0.2) is 0 Å². The lowest BCUT2D eigenvalue weighted by Gasteiger charge is -2.33. The van der Waals surface area contributed by atoms with Crippen molar-refractivity contribution in [2.24, 2.45) is 5.41 Å². The summed E-state index contributed by atoms with van der Waals surface area (Å²) in [5.74, 6) is 1.32. The summed E-state index contributed by atoms with van der Waals surface area (Å²) >= 11 is 0. The third-order valence-electron chi connectivity index (χ3n) is 6.42. The second kappa shape index (κ2) is 6.32. The van der Waals surface area contributed by atoms with E-state index in [4.69, 9.17) is 4.42 Å². The summed E-state index contributed by atoms with van der Waals surface area (Å²) in [5, 5.41) is 11.3. The van der Waals surface area contributed by atoms with Crippen molar-refractivity contribution in [1.29, 1.82) is 0 Å². The van der Waals surface area contributed by atoms with E-state index >= 15 is 0 Å². The first-order valence-electron chi connectivity index (χ1n) is 9.93. The van der Waals surface area contributed by atoms with Gasteiger partial charge in [-0.2, -0.15) is 0 Å². The van der Waals surface area contributed by atoms with Crippen molar-refractivity contribution in [1.82, 2.24) is 20.1 Å². The van der Waals surface area contributed by atoms with Gasteiger partial charge in [-0.1, -0.05) is 11.2 Å². The summed E-state index contributed by atoms with van der Waals surface area (Å²) in [7, 11) is 0. The average molecular weight is 367 g/mol. The van der Waals surface area contributed by atoms with Gasteiger partial charge in [-0.15, -0.1) is 5.10 Å². The highest BCUT2D eigenvalue weighted by Gasteiger charge is 2.46. The smallest absolute Gasteiger partial charge is 0.316 e. The van der Waals surface area contributed by atoms with E-state index in [2.05, 4.69) is 20.5 Å². The lowest BCUT2D eigenvalue weighted by atomic mass is 9.93. The monoisotopic (exact) mass is 367 g/mol. The van der Waals surface area contributed by atoms with Gasteiger partial charge in [0.05, 0.1) is 0 Å². The molecule has 2 aromatic heterocycles. The molecule has 2 aliphatic carbocycles. The van der Waals surface area contributed by atoms with E-state index < -0.39 is 0 Å². The molecular weight excluding hydrogens is 342 g/mol. The molecular formula is C20H25N5O2. The van der Waals surface area contributed by atoms with E-state index in [0.717, 1.165) is 38.0 Å². The zero-order chi connectivity index (χ0) is 18.4. The predicted octanol–water partition coefficient (Wildman–Crippen LogP) is 2.94. The second-order valence-corrected chi connectivity index (χ2v) is 8.34. The highest BCUT2D eigenvalue weighted by molar-refractivity contribution is 5.83. The van der Waals surface area contributed by atoms with E-state index in [1.54, 1.807) is 0 Å². The summed E-state index contributed by atoms with van der Waals surface area (Å²) in [6, 6.07) is 5.91. The lowest BCUT2D eigenvalue weighted by Crippen LogP contribution is -2.45. The first-order valence-corrected chi connectivity index (χ1v) is 9.93. The Hall–Kier alpha value is -2.44. The Kier molecular flexibility index (Phi) is 3.91. The van der Waals surface area contributed by atoms with Crippen LogP contribution < -0.4 is 5.32 Å². The Morgan fingerprint density at radius 3 is 2.74 bits per heavy atom. The molecule has 3 atom stereocenters. The quantitative estimate of drug-likeness (QED) is 0.875. The maximum absolute atomic E-state index is 12.7. The van der Waals surface area contributed by atoms with Gasteiger partial charge in [-0.3, -0.25) is 9.78 Å². The average Bonchev–Trinajstić information content (AvgIpc) is 3.61. The minimum Gasteiger partial charge on any atom is -0.408 e. The molecule has 7 heteroatoms. The number of hydrogen-bond acceptors (Lipinski definition) is 6. The molecule has 3 aliphatic rings. The van der Waals surface area contributed by atoms with Gasteiger partial charge >= 0.3 is 6.01 Å². The molecule has 0 bridgehead atoms. The molecule has 5 rings (SSSR count). The molecule has 7 nitrogen and oxygen atoms in total. The molecule has 142 valence electrons. The van der Waals surface area contributed by atoms with E-state index in [0.29, 0.717) is 23.2 Å². The number of pyridine rings is 1. The Labute approximate surface area is 158 Å². The summed E-state index contributed by atoms with van der Waals surface area (Å²) < 4.78 is 5.78. The van der Waals surface area contributed by atoms with E-state index in [9.17, 15) is 4.79 Å². The topological polar surface area (TPSA) is 84.1 Å². The van der Waals surface area contributed by atoms with Gasteiger partial charge in [0.2, 0.25) is 11.8 Å². The first-order chi connectivity index (χ1) is 13.1. The van der Waals surface area contributed by atoms with Crippen molar-refractivity contribution >= 4 is 11.9 Å². The fourth-order valence-corrected chi connectivity index (χ4v) is 4.23. The summed E-state index contributed by atoms with van der Waals surface area (Å²) in [6.45, 7) is 3.60. The van der Waals surface area contributed by atoms with Gasteiger partial charge in [0, 0.05) is 36.8 Å². The molecule has 2 aromatic rings. The maximum Gasteiger partial charge on any atom is 0.316 e. The molecule has 1 aliphatic heterocycles. The van der Waals surface area contributed by atoms with Crippen LogP contribution in [0.5, 0.6) is 0 Å². The summed E-state index contributed by atoms with van der Waals surface area (Å²) in [6.07, 6.45) is 7.76. The van der Waals surface area contributed by atoms with Crippen LogP contribution in [0.4, 0.5) is 6.01 Å². The summed E-state index contributed by atoms with van der Waals surface area (Å²) in [4.78, 5) is 19.1. The SMILES string of the molecule is CC(Nc1nnc(C2CC2c2ccccn2)o1)C(=O)N1CCC2(CC1)CC2. The van der Waals surface area contributed by atoms with Crippen LogP contribution >= 0.6 is 0 Å². The van der Waals surface area contributed by atoms with Crippen molar-refractivity contribution in [2.45, 2.75) is 56.9 Å². The lowest BCUT2D eigenvalue weighted by molar-refractivity contribution is -0.133. The van der Waals surface area contributed by atoms with Crippen molar-refractivity contribution in [3.05, 3.63) is 36.0 Å². The highest BCUT2D eigenvalue weighted by atomic mass is 16.4. The molecule has 1 spiro atoms. The van der Waals surface area contributed by atoms with Gasteiger partial charge in [-0.25, -0.2) is 0 Å². The minimum absolute atomic E-state index is 0.114. The molecule has 3 unspecified atom stereocenters. The van der Waals surface area contributed by atoms with Crippen molar-refractivity contribution in [3.8, 4) is 0 Å². The predicted molar refractivity (Wildman–Crippen MR) is 99.2 cm³/mol. The molecule has 3 fully saturated rings. The van der Waals surface area contributed by atoms with Gasteiger partial charge in [0.25, 0.3) is 0 Å². The van der Waals surface area contributed by atoms with Crippen LogP contribution in [0.3, 0.4) is 0 Å². The highest BCUT2D eigenvalue weighted by Crippen LogP contribution is 2.54. The van der Waals surface area contributed by atoms with Crippen molar-refractivity contribution in [3.63, 3.8) is 0 Å². The molecule has 3 heterocycles. The number of amides is 1. The second-order valence-electron chi connectivity index (χ2n) is 8.34. The number of nitrogens with one attached hydrogen (secondary N) is 1. The van der Waals surface area contributed by atoms with Gasteiger partial charge < -0.3 is 14.6 Å². The number of piperidine rings is 1. The Morgan fingerprint density at radius 1 is 1.22 bits per heavy atom.